The second kappa shape index (κ2) is 9.90. The van der Waals surface area contributed by atoms with E-state index in [9.17, 15) is 28.3 Å². The number of fused-ring (bicyclic) bond motifs is 1. The predicted octanol–water partition coefficient (Wildman–Crippen LogP) is 5.69. The van der Waals surface area contributed by atoms with Gasteiger partial charge in [0, 0.05) is 35.6 Å². The van der Waals surface area contributed by atoms with Crippen molar-refractivity contribution in [2.24, 2.45) is 11.0 Å². The SMILES string of the molecule is CCC(F)(F)c1cccc(CC(=O)C2C(=O)N(c3ccc4ccn(C(=O)c5ccc(O)cc5)c4c3)N=C2C)c1. The Labute approximate surface area is 223 Å². The van der Waals surface area contributed by atoms with Crippen molar-refractivity contribution >= 4 is 39.9 Å². The summed E-state index contributed by atoms with van der Waals surface area (Å²) in [5, 5.41) is 15.7. The van der Waals surface area contributed by atoms with Crippen LogP contribution in [0.3, 0.4) is 0 Å². The topological polar surface area (TPSA) is 92.0 Å². The first-order chi connectivity index (χ1) is 18.6. The maximum absolute atomic E-state index is 14.1. The summed E-state index contributed by atoms with van der Waals surface area (Å²) in [6.07, 6.45) is 1.07. The van der Waals surface area contributed by atoms with Crippen LogP contribution in [-0.4, -0.2) is 33.0 Å². The number of ketones is 1. The molecule has 0 saturated heterocycles. The maximum Gasteiger partial charge on any atom is 0.273 e. The molecule has 0 bridgehead atoms. The average Bonchev–Trinajstić information content (AvgIpc) is 3.48. The van der Waals surface area contributed by atoms with Gasteiger partial charge in [0.1, 0.15) is 11.7 Å². The number of Topliss-reactive ketones (excluding diaryl/α,β-unsaturated/α-hetero) is 1. The molecule has 0 radical (unpaired) electrons. The van der Waals surface area contributed by atoms with Crippen molar-refractivity contribution in [3.05, 3.63) is 95.7 Å². The van der Waals surface area contributed by atoms with Crippen LogP contribution in [0.2, 0.25) is 0 Å². The van der Waals surface area contributed by atoms with E-state index in [1.54, 1.807) is 43.5 Å². The highest BCUT2D eigenvalue weighted by molar-refractivity contribution is 6.27. The van der Waals surface area contributed by atoms with Crippen LogP contribution in [0.15, 0.2) is 84.1 Å². The van der Waals surface area contributed by atoms with Gasteiger partial charge < -0.3 is 5.11 Å². The van der Waals surface area contributed by atoms with E-state index in [0.29, 0.717) is 28.0 Å². The summed E-state index contributed by atoms with van der Waals surface area (Å²) >= 11 is 0. The summed E-state index contributed by atoms with van der Waals surface area (Å²) in [5.74, 6) is -5.40. The fourth-order valence-corrected chi connectivity index (χ4v) is 4.71. The molecule has 4 aromatic rings. The molecule has 7 nitrogen and oxygen atoms in total. The molecule has 0 aliphatic carbocycles. The Bertz CT molecular complexity index is 1640. The molecule has 3 aromatic carbocycles. The molecular weight excluding hydrogens is 504 g/mol. The monoisotopic (exact) mass is 529 g/mol. The van der Waals surface area contributed by atoms with Gasteiger partial charge >= 0.3 is 0 Å². The summed E-state index contributed by atoms with van der Waals surface area (Å²) in [5.41, 5.74) is 1.82. The minimum Gasteiger partial charge on any atom is -0.508 e. The molecule has 1 N–H and O–H groups in total. The standard InChI is InChI=1S/C30H25F2N3O4/c1-3-30(31,32)22-6-4-5-19(15-22)16-26(37)27-18(2)33-35(29(27)39)23-10-7-20-13-14-34(25(20)17-23)28(38)21-8-11-24(36)12-9-21/h4-15,17,27,36H,3,16H2,1-2H3. The first-order valence-electron chi connectivity index (χ1n) is 12.4. The van der Waals surface area contributed by atoms with Gasteiger partial charge in [0.25, 0.3) is 17.7 Å². The number of hydrogen-bond donors (Lipinski definition) is 1. The highest BCUT2D eigenvalue weighted by atomic mass is 19.3. The number of aromatic hydroxyl groups is 1. The number of carbonyl (C=O) groups excluding carboxylic acids is 3. The zero-order chi connectivity index (χ0) is 27.9. The average molecular weight is 530 g/mol. The number of anilines is 1. The Morgan fingerprint density at radius 3 is 2.49 bits per heavy atom. The number of amides is 1. The minimum absolute atomic E-state index is 0.0441. The Morgan fingerprint density at radius 2 is 1.77 bits per heavy atom. The predicted molar refractivity (Wildman–Crippen MR) is 143 cm³/mol. The van der Waals surface area contributed by atoms with Crippen LogP contribution in [0, 0.1) is 5.92 Å². The Balaban J connectivity index is 1.39. The number of nitrogens with zero attached hydrogens (tertiary/aromatic N) is 3. The number of phenols is 1. The number of aromatic nitrogens is 1. The minimum atomic E-state index is -3.00. The highest BCUT2D eigenvalue weighted by Gasteiger charge is 2.39. The smallest absolute Gasteiger partial charge is 0.273 e. The van der Waals surface area contributed by atoms with E-state index in [4.69, 9.17) is 0 Å². The first kappa shape index (κ1) is 26.0. The van der Waals surface area contributed by atoms with Gasteiger partial charge in [-0.25, -0.2) is 8.78 Å². The van der Waals surface area contributed by atoms with E-state index in [-0.39, 0.29) is 30.1 Å². The molecule has 2 heterocycles. The van der Waals surface area contributed by atoms with Crippen LogP contribution in [0.1, 0.15) is 41.8 Å². The molecule has 1 aromatic heterocycles. The van der Waals surface area contributed by atoms with Crippen LogP contribution >= 0.6 is 0 Å². The summed E-state index contributed by atoms with van der Waals surface area (Å²) in [4.78, 5) is 39.6. The van der Waals surface area contributed by atoms with E-state index >= 15 is 0 Å². The molecule has 1 aliphatic heterocycles. The van der Waals surface area contributed by atoms with Gasteiger partial charge in [-0.2, -0.15) is 10.1 Å². The fourth-order valence-electron chi connectivity index (χ4n) is 4.71. The van der Waals surface area contributed by atoms with E-state index in [1.807, 2.05) is 0 Å². The zero-order valence-electron chi connectivity index (χ0n) is 21.3. The van der Waals surface area contributed by atoms with Crippen LogP contribution < -0.4 is 5.01 Å². The number of alkyl halides is 2. The van der Waals surface area contributed by atoms with Crippen molar-refractivity contribution in [2.75, 3.05) is 5.01 Å². The third kappa shape index (κ3) is 4.83. The van der Waals surface area contributed by atoms with E-state index in [0.717, 1.165) is 10.4 Å². The van der Waals surface area contributed by atoms with Crippen LogP contribution in [-0.2, 0) is 21.9 Å². The van der Waals surface area contributed by atoms with Crippen molar-refractivity contribution in [3.8, 4) is 5.75 Å². The van der Waals surface area contributed by atoms with Gasteiger partial charge in [-0.3, -0.25) is 19.0 Å². The molecule has 1 aliphatic rings. The van der Waals surface area contributed by atoms with Crippen molar-refractivity contribution in [1.82, 2.24) is 4.57 Å². The Hall–Kier alpha value is -4.66. The number of rotatable bonds is 7. The van der Waals surface area contributed by atoms with Crippen molar-refractivity contribution in [3.63, 3.8) is 0 Å². The Kier molecular flexibility index (Phi) is 6.59. The van der Waals surface area contributed by atoms with Crippen molar-refractivity contribution in [2.45, 2.75) is 32.6 Å². The quantitative estimate of drug-likeness (QED) is 0.312. The molecule has 0 spiro atoms. The number of hydrazone groups is 1. The third-order valence-electron chi connectivity index (χ3n) is 6.88. The van der Waals surface area contributed by atoms with Crippen LogP contribution in [0.25, 0.3) is 10.9 Å². The molecule has 1 atom stereocenters. The summed E-state index contributed by atoms with van der Waals surface area (Å²) in [7, 11) is 0. The third-order valence-corrected chi connectivity index (χ3v) is 6.88. The largest absolute Gasteiger partial charge is 0.508 e. The molecule has 9 heteroatoms. The molecule has 0 fully saturated rings. The lowest BCUT2D eigenvalue weighted by Crippen LogP contribution is -2.33. The molecular formula is C30H25F2N3O4. The maximum atomic E-state index is 14.1. The second-order valence-electron chi connectivity index (χ2n) is 9.51. The Morgan fingerprint density at radius 1 is 1.03 bits per heavy atom. The van der Waals surface area contributed by atoms with E-state index < -0.39 is 23.5 Å². The number of phenolic OH excluding ortho intramolecular Hbond substituents is 1. The normalized spacial score (nSPS) is 15.6. The summed E-state index contributed by atoms with van der Waals surface area (Å²) < 4.78 is 29.7. The van der Waals surface area contributed by atoms with Gasteiger partial charge in [0.05, 0.1) is 16.9 Å². The van der Waals surface area contributed by atoms with E-state index in [1.165, 1.54) is 54.0 Å². The van der Waals surface area contributed by atoms with Gasteiger partial charge in [0.15, 0.2) is 5.78 Å². The first-order valence-corrected chi connectivity index (χ1v) is 12.4. The molecule has 5 rings (SSSR count). The van der Waals surface area contributed by atoms with Crippen molar-refractivity contribution < 1.29 is 28.3 Å². The van der Waals surface area contributed by atoms with Gasteiger partial charge in [0.2, 0.25) is 0 Å². The molecule has 0 saturated carbocycles. The molecule has 1 amide bonds. The van der Waals surface area contributed by atoms with Gasteiger partial charge in [-0.05, 0) is 61.0 Å². The van der Waals surface area contributed by atoms with Gasteiger partial charge in [-0.1, -0.05) is 31.2 Å². The fraction of sp³-hybridized carbons (Fsp3) is 0.200. The number of halogens is 2. The number of hydrogen-bond acceptors (Lipinski definition) is 5. The van der Waals surface area contributed by atoms with Crippen molar-refractivity contribution in [1.29, 1.82) is 0 Å². The molecule has 1 unspecified atom stereocenters. The highest BCUT2D eigenvalue weighted by Crippen LogP contribution is 2.33. The summed E-state index contributed by atoms with van der Waals surface area (Å²) in [6, 6.07) is 18.4. The van der Waals surface area contributed by atoms with Gasteiger partial charge in [-0.15, -0.1) is 0 Å². The lowest BCUT2D eigenvalue weighted by Gasteiger charge is -2.16. The second-order valence-corrected chi connectivity index (χ2v) is 9.51. The molecule has 39 heavy (non-hydrogen) atoms. The number of carbonyl (C=O) groups is 3. The van der Waals surface area contributed by atoms with E-state index in [2.05, 4.69) is 5.10 Å². The summed E-state index contributed by atoms with van der Waals surface area (Å²) in [6.45, 7) is 2.97. The van der Waals surface area contributed by atoms with Crippen LogP contribution in [0.5, 0.6) is 5.75 Å². The molecule has 198 valence electrons. The zero-order valence-corrected chi connectivity index (χ0v) is 21.3. The number of benzene rings is 3. The van der Waals surface area contributed by atoms with Crippen LogP contribution in [0.4, 0.5) is 14.5 Å². The lowest BCUT2D eigenvalue weighted by molar-refractivity contribution is -0.128. The lowest BCUT2D eigenvalue weighted by atomic mass is 9.92.